The third-order valence-electron chi connectivity index (χ3n) is 3.62. The molecule has 0 fully saturated rings. The summed E-state index contributed by atoms with van der Waals surface area (Å²) in [4.78, 5) is 8.46. The van der Waals surface area contributed by atoms with Crippen LogP contribution in [0.3, 0.4) is 0 Å². The second kappa shape index (κ2) is 8.75. The number of rotatable bonds is 8. The molecule has 0 radical (unpaired) electrons. The van der Waals surface area contributed by atoms with E-state index in [2.05, 4.69) is 20.6 Å². The quantitative estimate of drug-likeness (QED) is 0.546. The molecule has 4 N–H and O–H groups in total. The lowest BCUT2D eigenvalue weighted by molar-refractivity contribution is 0.340. The zero-order chi connectivity index (χ0) is 19.1. The molecule has 0 saturated carbocycles. The number of nitrogens with zero attached hydrogens (tertiary/aromatic N) is 2. The van der Waals surface area contributed by atoms with Gasteiger partial charge >= 0.3 is 0 Å². The number of anilines is 5. The average Bonchev–Trinajstić information content (AvgIpc) is 2.65. The van der Waals surface area contributed by atoms with Crippen molar-refractivity contribution in [3.63, 3.8) is 0 Å². The van der Waals surface area contributed by atoms with Crippen LogP contribution in [-0.4, -0.2) is 23.2 Å². The fraction of sp³-hybridized carbons (Fsp3) is 0.200. The number of nitrogens with two attached hydrogens (primary N) is 1. The van der Waals surface area contributed by atoms with Crippen LogP contribution in [0.1, 0.15) is 13.8 Å². The first-order chi connectivity index (χ1) is 13.2. The van der Waals surface area contributed by atoms with Crippen LogP contribution in [0.25, 0.3) is 0 Å². The molecule has 1 aromatic heterocycles. The van der Waals surface area contributed by atoms with Crippen molar-refractivity contribution < 1.29 is 9.47 Å². The van der Waals surface area contributed by atoms with E-state index in [9.17, 15) is 0 Å². The summed E-state index contributed by atoms with van der Waals surface area (Å²) >= 11 is 0. The van der Waals surface area contributed by atoms with E-state index >= 15 is 0 Å². The highest BCUT2D eigenvalue weighted by atomic mass is 16.5. The second-order valence-corrected chi connectivity index (χ2v) is 5.66. The van der Waals surface area contributed by atoms with Gasteiger partial charge in [-0.05, 0) is 62.4 Å². The van der Waals surface area contributed by atoms with Gasteiger partial charge in [0, 0.05) is 17.4 Å². The van der Waals surface area contributed by atoms with Crippen LogP contribution >= 0.6 is 0 Å². The molecule has 0 aliphatic carbocycles. The van der Waals surface area contributed by atoms with Crippen molar-refractivity contribution in [1.29, 1.82) is 0 Å². The topological polar surface area (TPSA) is 94.3 Å². The number of nitrogen functional groups attached to an aromatic ring is 1. The minimum Gasteiger partial charge on any atom is -0.494 e. The van der Waals surface area contributed by atoms with E-state index in [0.29, 0.717) is 24.8 Å². The summed E-state index contributed by atoms with van der Waals surface area (Å²) < 4.78 is 10.9. The SMILES string of the molecule is CCOc1ccc(Nc2cc(Nc3ccc(OCC)cc3)nc(N)n2)cc1. The summed E-state index contributed by atoms with van der Waals surface area (Å²) in [5.74, 6) is 3.02. The Kier molecular flexibility index (Phi) is 5.94. The molecule has 140 valence electrons. The largest absolute Gasteiger partial charge is 0.494 e. The van der Waals surface area contributed by atoms with Gasteiger partial charge in [-0.3, -0.25) is 0 Å². The summed E-state index contributed by atoms with van der Waals surface area (Å²) in [7, 11) is 0. The van der Waals surface area contributed by atoms with Gasteiger partial charge in [0.1, 0.15) is 23.1 Å². The average molecular weight is 365 g/mol. The molecule has 0 amide bonds. The normalized spacial score (nSPS) is 10.3. The van der Waals surface area contributed by atoms with Gasteiger partial charge in [0.25, 0.3) is 0 Å². The van der Waals surface area contributed by atoms with Gasteiger partial charge in [0.2, 0.25) is 5.95 Å². The molecule has 2 aromatic carbocycles. The lowest BCUT2D eigenvalue weighted by Crippen LogP contribution is -2.03. The van der Waals surface area contributed by atoms with Crippen LogP contribution in [0.15, 0.2) is 54.6 Å². The summed E-state index contributed by atoms with van der Waals surface area (Å²) in [6, 6.07) is 17.1. The summed E-state index contributed by atoms with van der Waals surface area (Å²) in [6.45, 7) is 5.18. The summed E-state index contributed by atoms with van der Waals surface area (Å²) in [5.41, 5.74) is 7.61. The Morgan fingerprint density at radius 2 is 1.15 bits per heavy atom. The number of ether oxygens (including phenoxy) is 2. The van der Waals surface area contributed by atoms with E-state index in [0.717, 1.165) is 22.9 Å². The molecular formula is C20H23N5O2. The fourth-order valence-corrected chi connectivity index (χ4v) is 2.49. The highest BCUT2D eigenvalue weighted by Crippen LogP contribution is 2.24. The number of hydrogen-bond donors (Lipinski definition) is 3. The van der Waals surface area contributed by atoms with Crippen LogP contribution in [0, 0.1) is 0 Å². The highest BCUT2D eigenvalue weighted by molar-refractivity contribution is 5.65. The second-order valence-electron chi connectivity index (χ2n) is 5.66. The van der Waals surface area contributed by atoms with Crippen LogP contribution in [0.4, 0.5) is 29.0 Å². The third-order valence-corrected chi connectivity index (χ3v) is 3.62. The number of benzene rings is 2. The molecule has 0 bridgehead atoms. The van der Waals surface area contributed by atoms with Gasteiger partial charge in [0.15, 0.2) is 0 Å². The molecule has 3 aromatic rings. The minimum absolute atomic E-state index is 0.180. The molecule has 0 unspecified atom stereocenters. The van der Waals surface area contributed by atoms with E-state index in [1.165, 1.54) is 0 Å². The van der Waals surface area contributed by atoms with E-state index < -0.39 is 0 Å². The molecule has 7 heteroatoms. The molecule has 0 atom stereocenters. The van der Waals surface area contributed by atoms with Crippen molar-refractivity contribution in [3.8, 4) is 11.5 Å². The molecule has 27 heavy (non-hydrogen) atoms. The smallest absolute Gasteiger partial charge is 0.223 e. The molecule has 7 nitrogen and oxygen atoms in total. The molecule has 0 aliphatic rings. The van der Waals surface area contributed by atoms with Crippen molar-refractivity contribution >= 4 is 29.0 Å². The first kappa shape index (κ1) is 18.3. The van der Waals surface area contributed by atoms with Crippen LogP contribution < -0.4 is 25.8 Å². The van der Waals surface area contributed by atoms with Gasteiger partial charge in [-0.25, -0.2) is 0 Å². The predicted octanol–water partition coefficient (Wildman–Crippen LogP) is 4.34. The Morgan fingerprint density at radius 3 is 1.52 bits per heavy atom. The van der Waals surface area contributed by atoms with Crippen LogP contribution in [-0.2, 0) is 0 Å². The molecule has 3 rings (SSSR count). The summed E-state index contributed by atoms with van der Waals surface area (Å²) in [5, 5.41) is 6.44. The Bertz CT molecular complexity index is 797. The number of nitrogens with one attached hydrogen (secondary N) is 2. The maximum absolute atomic E-state index is 5.85. The molecule has 0 spiro atoms. The van der Waals surface area contributed by atoms with Gasteiger partial charge in [0.05, 0.1) is 13.2 Å². The van der Waals surface area contributed by atoms with Gasteiger partial charge in [-0.1, -0.05) is 0 Å². The van der Waals surface area contributed by atoms with E-state index in [1.54, 1.807) is 6.07 Å². The van der Waals surface area contributed by atoms with Crippen molar-refractivity contribution in [3.05, 3.63) is 54.6 Å². The monoisotopic (exact) mass is 365 g/mol. The Balaban J connectivity index is 1.71. The maximum atomic E-state index is 5.85. The first-order valence-electron chi connectivity index (χ1n) is 8.80. The molecule has 1 heterocycles. The van der Waals surface area contributed by atoms with E-state index in [4.69, 9.17) is 15.2 Å². The number of hydrogen-bond acceptors (Lipinski definition) is 7. The fourth-order valence-electron chi connectivity index (χ4n) is 2.49. The van der Waals surface area contributed by atoms with E-state index in [-0.39, 0.29) is 5.95 Å². The zero-order valence-electron chi connectivity index (χ0n) is 15.4. The maximum Gasteiger partial charge on any atom is 0.223 e. The Labute approximate surface area is 158 Å². The van der Waals surface area contributed by atoms with Crippen molar-refractivity contribution in [2.24, 2.45) is 0 Å². The third kappa shape index (κ3) is 5.24. The van der Waals surface area contributed by atoms with Crippen molar-refractivity contribution in [2.45, 2.75) is 13.8 Å². The first-order valence-corrected chi connectivity index (χ1v) is 8.80. The van der Waals surface area contributed by atoms with E-state index in [1.807, 2.05) is 62.4 Å². The molecule has 0 saturated heterocycles. The van der Waals surface area contributed by atoms with Gasteiger partial charge in [-0.15, -0.1) is 0 Å². The predicted molar refractivity (Wildman–Crippen MR) is 108 cm³/mol. The zero-order valence-corrected chi connectivity index (χ0v) is 15.4. The lowest BCUT2D eigenvalue weighted by atomic mass is 10.3. The van der Waals surface area contributed by atoms with Crippen LogP contribution in [0.5, 0.6) is 11.5 Å². The summed E-state index contributed by atoms with van der Waals surface area (Å²) in [6.07, 6.45) is 0. The molecule has 0 aliphatic heterocycles. The van der Waals surface area contributed by atoms with Crippen molar-refractivity contribution in [2.75, 3.05) is 29.6 Å². The van der Waals surface area contributed by atoms with Crippen molar-refractivity contribution in [1.82, 2.24) is 9.97 Å². The van der Waals surface area contributed by atoms with Gasteiger partial charge < -0.3 is 25.8 Å². The standard InChI is InChI=1S/C20H23N5O2/c1-3-26-16-9-5-14(6-10-16)22-18-13-19(25-20(21)24-18)23-15-7-11-17(12-8-15)27-4-2/h5-13H,3-4H2,1-2H3,(H4,21,22,23,24,25). The number of aromatic nitrogens is 2. The minimum atomic E-state index is 0.180. The van der Waals surface area contributed by atoms with Gasteiger partial charge in [-0.2, -0.15) is 9.97 Å². The highest BCUT2D eigenvalue weighted by Gasteiger charge is 2.05. The Morgan fingerprint density at radius 1 is 0.741 bits per heavy atom. The Hall–Kier alpha value is -3.48. The molecular weight excluding hydrogens is 342 g/mol. The van der Waals surface area contributed by atoms with Crippen LogP contribution in [0.2, 0.25) is 0 Å². The lowest BCUT2D eigenvalue weighted by Gasteiger charge is -2.11.